The van der Waals surface area contributed by atoms with Gasteiger partial charge in [-0.15, -0.1) is 5.10 Å². The monoisotopic (exact) mass is 165 g/mol. The van der Waals surface area contributed by atoms with Gasteiger partial charge in [-0.05, 0) is 24.7 Å². The average Bonchev–Trinajstić information content (AvgIpc) is 2.34. The lowest BCUT2D eigenvalue weighted by atomic mass is 9.74. The molecule has 0 aromatic carbocycles. The molecule has 0 aliphatic heterocycles. The maximum absolute atomic E-state index is 4.00. The second kappa shape index (κ2) is 2.88. The van der Waals surface area contributed by atoms with Crippen LogP contribution in [0.25, 0.3) is 0 Å². The van der Waals surface area contributed by atoms with E-state index in [9.17, 15) is 0 Å². The van der Waals surface area contributed by atoms with Crippen LogP contribution >= 0.6 is 0 Å². The molecule has 0 saturated heterocycles. The van der Waals surface area contributed by atoms with Crippen molar-refractivity contribution in [3.8, 4) is 0 Å². The Morgan fingerprint density at radius 2 is 2.17 bits per heavy atom. The van der Waals surface area contributed by atoms with Crippen LogP contribution in [0.1, 0.15) is 32.7 Å². The van der Waals surface area contributed by atoms with Crippen LogP contribution in [0.4, 0.5) is 0 Å². The Morgan fingerprint density at radius 3 is 2.67 bits per heavy atom. The zero-order chi connectivity index (χ0) is 8.55. The van der Waals surface area contributed by atoms with Crippen molar-refractivity contribution < 1.29 is 0 Å². The molecule has 1 aromatic rings. The molecule has 0 atom stereocenters. The van der Waals surface area contributed by atoms with Gasteiger partial charge in [-0.1, -0.05) is 19.1 Å². The van der Waals surface area contributed by atoms with Gasteiger partial charge >= 0.3 is 0 Å². The molecule has 0 amide bonds. The van der Waals surface area contributed by atoms with E-state index in [0.29, 0.717) is 6.04 Å². The van der Waals surface area contributed by atoms with Crippen LogP contribution < -0.4 is 0 Å². The van der Waals surface area contributed by atoms with Gasteiger partial charge in [0.2, 0.25) is 0 Å². The van der Waals surface area contributed by atoms with Crippen molar-refractivity contribution in [2.45, 2.75) is 32.7 Å². The smallest absolute Gasteiger partial charge is 0.0693 e. The summed E-state index contributed by atoms with van der Waals surface area (Å²) in [6, 6.07) is 0.625. The second-order valence-corrected chi connectivity index (χ2v) is 4.01. The molecule has 1 fully saturated rings. The van der Waals surface area contributed by atoms with Crippen molar-refractivity contribution >= 4 is 0 Å². The quantitative estimate of drug-likeness (QED) is 0.670. The van der Waals surface area contributed by atoms with Gasteiger partial charge in [0.15, 0.2) is 0 Å². The van der Waals surface area contributed by atoms with Gasteiger partial charge in [0.1, 0.15) is 0 Å². The van der Waals surface area contributed by atoms with Crippen LogP contribution in [0.2, 0.25) is 0 Å². The van der Waals surface area contributed by atoms with Crippen molar-refractivity contribution in [3.63, 3.8) is 0 Å². The summed E-state index contributed by atoms with van der Waals surface area (Å²) < 4.78 is 1.98. The topological polar surface area (TPSA) is 30.7 Å². The highest BCUT2D eigenvalue weighted by molar-refractivity contribution is 4.86. The van der Waals surface area contributed by atoms with E-state index >= 15 is 0 Å². The van der Waals surface area contributed by atoms with Crippen LogP contribution in [0.15, 0.2) is 12.4 Å². The average molecular weight is 165 g/mol. The summed E-state index contributed by atoms with van der Waals surface area (Å²) in [5.74, 6) is 1.73. The molecule has 1 aliphatic carbocycles. The Hall–Kier alpha value is -0.860. The van der Waals surface area contributed by atoms with Crippen molar-refractivity contribution in [2.24, 2.45) is 11.8 Å². The zero-order valence-corrected chi connectivity index (χ0v) is 7.64. The third-order valence-electron chi connectivity index (χ3n) is 2.91. The molecule has 1 heterocycles. The lowest BCUT2D eigenvalue weighted by Crippen LogP contribution is -2.30. The number of nitrogens with zero attached hydrogens (tertiary/aromatic N) is 3. The highest BCUT2D eigenvalue weighted by Gasteiger charge is 2.32. The highest BCUT2D eigenvalue weighted by Crippen LogP contribution is 2.41. The summed E-state index contributed by atoms with van der Waals surface area (Å²) in [6.45, 7) is 4.59. The molecular weight excluding hydrogens is 150 g/mol. The molecule has 1 saturated carbocycles. The first-order valence-electron chi connectivity index (χ1n) is 4.63. The Labute approximate surface area is 72.8 Å². The third-order valence-corrected chi connectivity index (χ3v) is 2.91. The number of hydrogen-bond donors (Lipinski definition) is 0. The molecule has 0 N–H and O–H groups in total. The van der Waals surface area contributed by atoms with Crippen LogP contribution in [0.3, 0.4) is 0 Å². The Balaban J connectivity index is 1.90. The first kappa shape index (κ1) is 7.77. The fraction of sp³-hybridized carbons (Fsp3) is 0.778. The van der Waals surface area contributed by atoms with Gasteiger partial charge < -0.3 is 0 Å². The molecule has 0 radical (unpaired) electrons. The van der Waals surface area contributed by atoms with Crippen LogP contribution in [-0.2, 0) is 0 Å². The zero-order valence-electron chi connectivity index (χ0n) is 7.64. The van der Waals surface area contributed by atoms with E-state index in [1.807, 2.05) is 10.9 Å². The molecule has 0 bridgehead atoms. The maximum atomic E-state index is 4.00. The Morgan fingerprint density at radius 1 is 1.42 bits per heavy atom. The predicted molar refractivity (Wildman–Crippen MR) is 46.6 cm³/mol. The van der Waals surface area contributed by atoms with Crippen LogP contribution in [-0.4, -0.2) is 15.0 Å². The van der Waals surface area contributed by atoms with Gasteiger partial charge in [0.25, 0.3) is 0 Å². The van der Waals surface area contributed by atoms with Crippen molar-refractivity contribution in [3.05, 3.63) is 12.4 Å². The summed E-state index contributed by atoms with van der Waals surface area (Å²) in [5.41, 5.74) is 0. The van der Waals surface area contributed by atoms with E-state index < -0.39 is 0 Å². The first-order chi connectivity index (χ1) is 5.77. The predicted octanol–water partition coefficient (Wildman–Crippen LogP) is 1.89. The van der Waals surface area contributed by atoms with Gasteiger partial charge in [-0.3, -0.25) is 0 Å². The van der Waals surface area contributed by atoms with E-state index in [1.165, 1.54) is 12.8 Å². The normalized spacial score (nSPS) is 28.9. The van der Waals surface area contributed by atoms with Gasteiger partial charge in [0.05, 0.1) is 12.2 Å². The lowest BCUT2D eigenvalue weighted by molar-refractivity contribution is 0.135. The minimum absolute atomic E-state index is 0.625. The minimum Gasteiger partial charge on any atom is -0.250 e. The SMILES string of the molecule is CC(C)C1CC(n2ccnn2)C1. The molecule has 0 spiro atoms. The van der Waals surface area contributed by atoms with Crippen LogP contribution in [0, 0.1) is 11.8 Å². The first-order valence-corrected chi connectivity index (χ1v) is 4.63. The largest absolute Gasteiger partial charge is 0.250 e. The highest BCUT2D eigenvalue weighted by atomic mass is 15.4. The van der Waals surface area contributed by atoms with Gasteiger partial charge in [-0.25, -0.2) is 4.68 Å². The second-order valence-electron chi connectivity index (χ2n) is 4.01. The van der Waals surface area contributed by atoms with E-state index in [0.717, 1.165) is 11.8 Å². The maximum Gasteiger partial charge on any atom is 0.0693 e. The Bertz CT molecular complexity index is 234. The summed E-state index contributed by atoms with van der Waals surface area (Å²) in [5, 5.41) is 7.81. The molecule has 1 aromatic heterocycles. The van der Waals surface area contributed by atoms with Crippen molar-refractivity contribution in [1.82, 2.24) is 15.0 Å². The number of hydrogen-bond acceptors (Lipinski definition) is 2. The van der Waals surface area contributed by atoms with E-state index in [-0.39, 0.29) is 0 Å². The molecule has 2 rings (SSSR count). The molecule has 66 valence electrons. The van der Waals surface area contributed by atoms with E-state index in [2.05, 4.69) is 24.2 Å². The van der Waals surface area contributed by atoms with Gasteiger partial charge in [-0.2, -0.15) is 0 Å². The van der Waals surface area contributed by atoms with Gasteiger partial charge in [0, 0.05) is 6.20 Å². The minimum atomic E-state index is 0.625. The molecule has 3 heteroatoms. The molecular formula is C9H15N3. The third kappa shape index (κ3) is 1.24. The molecule has 12 heavy (non-hydrogen) atoms. The lowest BCUT2D eigenvalue weighted by Gasteiger charge is -2.37. The molecule has 1 aliphatic rings. The number of rotatable bonds is 2. The summed E-state index contributed by atoms with van der Waals surface area (Å²) in [4.78, 5) is 0. The molecule has 3 nitrogen and oxygen atoms in total. The molecule has 0 unspecified atom stereocenters. The number of aromatic nitrogens is 3. The van der Waals surface area contributed by atoms with Crippen LogP contribution in [0.5, 0.6) is 0 Å². The fourth-order valence-electron chi connectivity index (χ4n) is 1.80. The summed E-state index contributed by atoms with van der Waals surface area (Å²) in [7, 11) is 0. The summed E-state index contributed by atoms with van der Waals surface area (Å²) in [6.07, 6.45) is 6.27. The fourth-order valence-corrected chi connectivity index (χ4v) is 1.80. The van der Waals surface area contributed by atoms with E-state index in [4.69, 9.17) is 0 Å². The standard InChI is InChI=1S/C9H15N3/c1-7(2)8-5-9(6-8)12-4-3-10-11-12/h3-4,7-9H,5-6H2,1-2H3. The Kier molecular flexibility index (Phi) is 1.87. The summed E-state index contributed by atoms with van der Waals surface area (Å²) >= 11 is 0. The van der Waals surface area contributed by atoms with Crippen molar-refractivity contribution in [2.75, 3.05) is 0 Å². The van der Waals surface area contributed by atoms with Crippen molar-refractivity contribution in [1.29, 1.82) is 0 Å². The van der Waals surface area contributed by atoms with E-state index in [1.54, 1.807) is 6.20 Å².